The van der Waals surface area contributed by atoms with Gasteiger partial charge < -0.3 is 14.2 Å². The van der Waals surface area contributed by atoms with E-state index in [0.717, 1.165) is 55.8 Å². The molecule has 0 saturated heterocycles. The summed E-state index contributed by atoms with van der Waals surface area (Å²) in [6.45, 7) is 12.2. The summed E-state index contributed by atoms with van der Waals surface area (Å²) in [5.74, 6) is 2.99. The fraction of sp³-hybridized carbons (Fsp3) is 0.442. The number of hydrogen-bond acceptors (Lipinski definition) is 12. The zero-order chi connectivity index (χ0) is 41.2. The maximum absolute atomic E-state index is 14.3. The predicted octanol–water partition coefficient (Wildman–Crippen LogP) is 9.37. The average Bonchev–Trinajstić information content (AvgIpc) is 3.22. The maximum Gasteiger partial charge on any atom is 0.406 e. The lowest BCUT2D eigenvalue weighted by molar-refractivity contribution is -0.138. The first-order valence-electron chi connectivity index (χ1n) is 20.3. The molecule has 6 aromatic rings. The molecule has 0 bridgehead atoms. The summed E-state index contributed by atoms with van der Waals surface area (Å²) < 4.78 is 24.8. The van der Waals surface area contributed by atoms with Gasteiger partial charge in [0.05, 0.1) is 16.6 Å². The molecule has 3 aromatic heterocycles. The molecule has 0 unspecified atom stereocenters. The highest BCUT2D eigenvalue weighted by atomic mass is 32.2. The molecule has 12 nitrogen and oxygen atoms in total. The standard InChI is InChI=1S/C43H52N6O6S3/c1-7-22-47-37(50)34-28(44-40(47)56-25-10-4)16-13-19-31(34)53-43(54-32-20-14-17-29-35(32)38(51)48(23-8-2)41(45-29)57-26-11-5)55-33-21-15-18-30-36(33)39(52)49(24-9-3)42(46-30)58-27-12-6/h13-21,43H,7-12,22-27H2,1-6H3. The van der Waals surface area contributed by atoms with E-state index >= 15 is 0 Å². The van der Waals surface area contributed by atoms with Crippen LogP contribution in [0, 0.1) is 0 Å². The molecule has 0 aliphatic heterocycles. The third-order valence-electron chi connectivity index (χ3n) is 9.05. The molecular weight excluding hydrogens is 793 g/mol. The summed E-state index contributed by atoms with van der Waals surface area (Å²) >= 11 is 4.64. The average molecular weight is 845 g/mol. The van der Waals surface area contributed by atoms with E-state index < -0.39 is 6.48 Å². The van der Waals surface area contributed by atoms with Crippen molar-refractivity contribution in [2.24, 2.45) is 0 Å². The van der Waals surface area contributed by atoms with Crippen molar-refractivity contribution < 1.29 is 14.2 Å². The summed E-state index contributed by atoms with van der Waals surface area (Å²) in [7, 11) is 0. The smallest absolute Gasteiger partial charge is 0.406 e. The number of hydrogen-bond donors (Lipinski definition) is 0. The molecule has 0 aliphatic carbocycles. The molecule has 15 heteroatoms. The summed E-state index contributed by atoms with van der Waals surface area (Å²) in [5.41, 5.74) is 0.660. The molecule has 0 radical (unpaired) electrons. The molecule has 0 spiro atoms. The van der Waals surface area contributed by atoms with Gasteiger partial charge in [0.15, 0.2) is 15.5 Å². The van der Waals surface area contributed by atoms with Crippen molar-refractivity contribution in [1.29, 1.82) is 0 Å². The Morgan fingerprint density at radius 1 is 0.466 bits per heavy atom. The van der Waals surface area contributed by atoms with Gasteiger partial charge in [-0.15, -0.1) is 0 Å². The van der Waals surface area contributed by atoms with E-state index in [2.05, 4.69) is 20.8 Å². The van der Waals surface area contributed by atoms with Gasteiger partial charge >= 0.3 is 6.48 Å². The first-order chi connectivity index (χ1) is 28.3. The fourth-order valence-corrected chi connectivity index (χ4v) is 9.13. The summed E-state index contributed by atoms with van der Waals surface area (Å²) in [5, 5.41) is 2.73. The van der Waals surface area contributed by atoms with Crippen molar-refractivity contribution in [2.45, 2.75) is 122 Å². The Kier molecular flexibility index (Phi) is 15.2. The van der Waals surface area contributed by atoms with Gasteiger partial charge in [0.2, 0.25) is 0 Å². The van der Waals surface area contributed by atoms with Crippen LogP contribution >= 0.6 is 35.3 Å². The van der Waals surface area contributed by atoms with Crippen LogP contribution in [0.15, 0.2) is 84.5 Å². The first-order valence-corrected chi connectivity index (χ1v) is 23.2. The fourth-order valence-electron chi connectivity index (χ4n) is 6.49. The third-order valence-corrected chi connectivity index (χ3v) is 12.6. The Balaban J connectivity index is 1.53. The molecule has 0 aliphatic rings. The van der Waals surface area contributed by atoms with E-state index in [9.17, 15) is 14.4 Å². The van der Waals surface area contributed by atoms with Gasteiger partial charge in [-0.25, -0.2) is 15.0 Å². The minimum Gasteiger partial charge on any atom is -0.422 e. The molecule has 3 aromatic carbocycles. The monoisotopic (exact) mass is 844 g/mol. The highest BCUT2D eigenvalue weighted by Crippen LogP contribution is 2.32. The number of nitrogens with zero attached hydrogens (tertiary/aromatic N) is 6. The van der Waals surface area contributed by atoms with Crippen LogP contribution < -0.4 is 30.9 Å². The zero-order valence-corrected chi connectivity index (χ0v) is 36.6. The lowest BCUT2D eigenvalue weighted by Gasteiger charge is -2.23. The molecule has 3 heterocycles. The van der Waals surface area contributed by atoms with E-state index in [0.29, 0.717) is 51.7 Å². The lowest BCUT2D eigenvalue weighted by atomic mass is 10.2. The van der Waals surface area contributed by atoms with Crippen LogP contribution in [0.2, 0.25) is 0 Å². The van der Waals surface area contributed by atoms with Gasteiger partial charge in [-0.1, -0.05) is 95.0 Å². The molecule has 0 atom stereocenters. The van der Waals surface area contributed by atoms with Crippen LogP contribution in [0.5, 0.6) is 17.2 Å². The minimum absolute atomic E-state index is 0.178. The van der Waals surface area contributed by atoms with Crippen molar-refractivity contribution >= 4 is 68.0 Å². The quantitative estimate of drug-likeness (QED) is 0.0389. The predicted molar refractivity (Wildman–Crippen MR) is 238 cm³/mol. The van der Waals surface area contributed by atoms with Crippen molar-refractivity contribution in [3.63, 3.8) is 0 Å². The molecule has 0 fully saturated rings. The van der Waals surface area contributed by atoms with Gasteiger partial charge in [0, 0.05) is 36.9 Å². The van der Waals surface area contributed by atoms with Crippen LogP contribution in [0.25, 0.3) is 32.7 Å². The normalized spacial score (nSPS) is 11.6. The van der Waals surface area contributed by atoms with Crippen LogP contribution in [0.1, 0.15) is 80.1 Å². The Morgan fingerprint density at radius 2 is 0.759 bits per heavy atom. The van der Waals surface area contributed by atoms with E-state index in [4.69, 9.17) is 29.2 Å². The third kappa shape index (κ3) is 9.36. The van der Waals surface area contributed by atoms with E-state index in [1.807, 2.05) is 20.8 Å². The van der Waals surface area contributed by atoms with E-state index in [1.54, 1.807) is 104 Å². The minimum atomic E-state index is -1.59. The van der Waals surface area contributed by atoms with Crippen molar-refractivity contribution in [2.75, 3.05) is 17.3 Å². The number of ether oxygens (including phenoxy) is 3. The number of fused-ring (bicyclic) bond motifs is 3. The highest BCUT2D eigenvalue weighted by Gasteiger charge is 2.25. The number of thioether (sulfide) groups is 3. The van der Waals surface area contributed by atoms with Gasteiger partial charge in [0.25, 0.3) is 16.7 Å². The van der Waals surface area contributed by atoms with Crippen molar-refractivity contribution in [3.05, 3.63) is 85.7 Å². The van der Waals surface area contributed by atoms with Gasteiger partial charge in [-0.2, -0.15) is 0 Å². The second kappa shape index (κ2) is 20.5. The lowest BCUT2D eigenvalue weighted by Crippen LogP contribution is -2.33. The van der Waals surface area contributed by atoms with Gasteiger partial charge in [0.1, 0.15) is 33.4 Å². The molecule has 58 heavy (non-hydrogen) atoms. The van der Waals surface area contributed by atoms with Crippen LogP contribution in [-0.4, -0.2) is 52.4 Å². The Bertz CT molecular complexity index is 2280. The first kappa shape index (κ1) is 43.1. The summed E-state index contributed by atoms with van der Waals surface area (Å²) in [6, 6.07) is 15.7. The summed E-state index contributed by atoms with van der Waals surface area (Å²) in [4.78, 5) is 57.6. The second-order valence-electron chi connectivity index (χ2n) is 13.7. The molecule has 0 N–H and O–H groups in total. The summed E-state index contributed by atoms with van der Waals surface area (Å²) in [6.07, 6.45) is 5.00. The van der Waals surface area contributed by atoms with Crippen LogP contribution in [-0.2, 0) is 19.6 Å². The maximum atomic E-state index is 14.3. The Morgan fingerprint density at radius 3 is 1.02 bits per heavy atom. The molecule has 6 rings (SSSR count). The largest absolute Gasteiger partial charge is 0.422 e. The molecule has 308 valence electrons. The van der Waals surface area contributed by atoms with Crippen LogP contribution in [0.4, 0.5) is 0 Å². The Labute approximate surface area is 351 Å². The number of rotatable bonds is 21. The topological polar surface area (TPSA) is 132 Å². The SMILES string of the molecule is CCCSc1nc2cccc(OC(Oc3cccc4nc(SCCC)n(CCC)c(=O)c34)Oc3cccc4nc(SCCC)n(CCC)c(=O)c34)c2c(=O)n1CCC. The number of aromatic nitrogens is 6. The van der Waals surface area contributed by atoms with Crippen molar-refractivity contribution in [3.8, 4) is 17.2 Å². The molecule has 0 saturated carbocycles. The van der Waals surface area contributed by atoms with Gasteiger partial charge in [-0.05, 0) is 74.9 Å². The molecular formula is C43H52N6O6S3. The second-order valence-corrected chi connectivity index (χ2v) is 16.9. The molecule has 0 amide bonds. The van der Waals surface area contributed by atoms with Crippen molar-refractivity contribution in [1.82, 2.24) is 28.7 Å². The zero-order valence-electron chi connectivity index (χ0n) is 34.1. The van der Waals surface area contributed by atoms with Gasteiger partial charge in [-0.3, -0.25) is 28.1 Å². The highest BCUT2D eigenvalue weighted by molar-refractivity contribution is 7.99. The Hall–Kier alpha value is -4.47. The van der Waals surface area contributed by atoms with Crippen LogP contribution in [0.3, 0.4) is 0 Å². The van der Waals surface area contributed by atoms with E-state index in [1.165, 1.54) is 0 Å². The number of benzene rings is 3. The van der Waals surface area contributed by atoms with E-state index in [-0.39, 0.29) is 50.1 Å².